The number of nitrogen functional groups attached to an aromatic ring is 1. The monoisotopic (exact) mass is 166 g/mol. The molecule has 11 heavy (non-hydrogen) atoms. The van der Waals surface area contributed by atoms with Gasteiger partial charge < -0.3 is 5.73 Å². The van der Waals surface area contributed by atoms with Crippen molar-refractivity contribution in [2.45, 2.75) is 6.92 Å². The molecule has 56 valence electrons. The third-order valence-corrected chi connectivity index (χ3v) is 2.39. The van der Waals surface area contributed by atoms with Crippen LogP contribution in [-0.4, -0.2) is 4.98 Å². The maximum Gasteiger partial charge on any atom is 0.341 e. The first-order valence-corrected chi connectivity index (χ1v) is 4.12. The van der Waals surface area contributed by atoms with Gasteiger partial charge in [-0.2, -0.15) is 0 Å². The van der Waals surface area contributed by atoms with Crippen molar-refractivity contribution in [3.63, 3.8) is 0 Å². The molecule has 2 heterocycles. The number of hydrogen-bond acceptors (Lipinski definition) is 3. The SMILES string of the molecule is Cc1[nH+]c2nc(N)ccc2s1. The van der Waals surface area contributed by atoms with E-state index in [1.165, 1.54) is 0 Å². The van der Waals surface area contributed by atoms with Crippen LogP contribution in [0.15, 0.2) is 12.1 Å². The van der Waals surface area contributed by atoms with E-state index in [2.05, 4.69) is 9.97 Å². The lowest BCUT2D eigenvalue weighted by Gasteiger charge is -1.79. The lowest BCUT2D eigenvalue weighted by molar-refractivity contribution is -0.350. The zero-order chi connectivity index (χ0) is 7.84. The van der Waals surface area contributed by atoms with Crippen LogP contribution in [0.1, 0.15) is 5.01 Å². The zero-order valence-corrected chi connectivity index (χ0v) is 6.90. The zero-order valence-electron chi connectivity index (χ0n) is 6.09. The molecule has 0 bridgehead atoms. The quantitative estimate of drug-likeness (QED) is 0.634. The van der Waals surface area contributed by atoms with Crippen LogP contribution in [0.5, 0.6) is 0 Å². The molecule has 0 atom stereocenters. The van der Waals surface area contributed by atoms with Crippen LogP contribution in [0.4, 0.5) is 5.82 Å². The Morgan fingerprint density at radius 3 is 3.18 bits per heavy atom. The minimum atomic E-state index is 0.562. The van der Waals surface area contributed by atoms with Gasteiger partial charge in [0.1, 0.15) is 4.70 Å². The molecule has 0 saturated carbocycles. The van der Waals surface area contributed by atoms with Crippen molar-refractivity contribution in [3.8, 4) is 0 Å². The highest BCUT2D eigenvalue weighted by Crippen LogP contribution is 2.16. The van der Waals surface area contributed by atoms with Gasteiger partial charge in [-0.05, 0) is 11.1 Å². The third-order valence-electron chi connectivity index (χ3n) is 1.44. The van der Waals surface area contributed by atoms with Gasteiger partial charge in [0.25, 0.3) is 0 Å². The van der Waals surface area contributed by atoms with Crippen LogP contribution in [0.3, 0.4) is 0 Å². The summed E-state index contributed by atoms with van der Waals surface area (Å²) in [5.74, 6) is 0.562. The van der Waals surface area contributed by atoms with E-state index < -0.39 is 0 Å². The Labute approximate surface area is 67.9 Å². The van der Waals surface area contributed by atoms with Gasteiger partial charge in [0, 0.05) is 13.0 Å². The molecule has 0 spiro atoms. The predicted molar refractivity (Wildman–Crippen MR) is 45.3 cm³/mol. The predicted octanol–water partition coefficient (Wildman–Crippen LogP) is 1.00. The summed E-state index contributed by atoms with van der Waals surface area (Å²) in [5, 5.41) is 1.15. The van der Waals surface area contributed by atoms with Crippen molar-refractivity contribution in [2.75, 3.05) is 5.73 Å². The highest BCUT2D eigenvalue weighted by Gasteiger charge is 2.08. The summed E-state index contributed by atoms with van der Waals surface area (Å²) in [4.78, 5) is 7.26. The van der Waals surface area contributed by atoms with E-state index in [1.807, 2.05) is 19.1 Å². The molecule has 0 aliphatic rings. The first-order valence-electron chi connectivity index (χ1n) is 3.30. The van der Waals surface area contributed by atoms with Crippen molar-refractivity contribution in [2.24, 2.45) is 0 Å². The average molecular weight is 166 g/mol. The Morgan fingerprint density at radius 1 is 1.55 bits per heavy atom. The highest BCUT2D eigenvalue weighted by atomic mass is 32.1. The van der Waals surface area contributed by atoms with Crippen molar-refractivity contribution < 1.29 is 4.98 Å². The number of nitrogens with two attached hydrogens (primary N) is 1. The molecule has 2 rings (SSSR count). The molecule has 2 aromatic rings. The summed E-state index contributed by atoms with van der Waals surface area (Å²) < 4.78 is 1.15. The van der Waals surface area contributed by atoms with Crippen molar-refractivity contribution in [1.29, 1.82) is 0 Å². The number of pyridine rings is 1. The summed E-state index contributed by atoms with van der Waals surface area (Å²) in [6.07, 6.45) is 0. The fourth-order valence-corrected chi connectivity index (χ4v) is 1.80. The number of thiazole rings is 1. The second kappa shape index (κ2) is 2.17. The van der Waals surface area contributed by atoms with Crippen LogP contribution >= 0.6 is 11.3 Å². The molecule has 0 aliphatic heterocycles. The molecule has 0 amide bonds. The second-order valence-electron chi connectivity index (χ2n) is 2.37. The molecular formula is C7H8N3S+. The van der Waals surface area contributed by atoms with Gasteiger partial charge in [-0.1, -0.05) is 11.3 Å². The van der Waals surface area contributed by atoms with Crippen LogP contribution in [0.2, 0.25) is 0 Å². The summed E-state index contributed by atoms with van der Waals surface area (Å²) in [6.45, 7) is 2.02. The van der Waals surface area contributed by atoms with Crippen LogP contribution in [0.25, 0.3) is 10.3 Å². The molecule has 0 fully saturated rings. The van der Waals surface area contributed by atoms with E-state index in [1.54, 1.807) is 11.3 Å². The topological polar surface area (TPSA) is 53.0 Å². The van der Waals surface area contributed by atoms with Gasteiger partial charge in [-0.15, -0.1) is 0 Å². The number of aryl methyl sites for hydroxylation is 1. The van der Waals surface area contributed by atoms with Gasteiger partial charge in [-0.3, -0.25) is 0 Å². The molecule has 4 heteroatoms. The largest absolute Gasteiger partial charge is 0.363 e. The number of nitrogens with one attached hydrogen (secondary N) is 1. The summed E-state index contributed by atoms with van der Waals surface area (Å²) in [7, 11) is 0. The molecule has 0 radical (unpaired) electrons. The Balaban J connectivity index is 2.82. The van der Waals surface area contributed by atoms with E-state index in [9.17, 15) is 0 Å². The smallest absolute Gasteiger partial charge is 0.341 e. The number of H-pyrrole nitrogens is 1. The van der Waals surface area contributed by atoms with Gasteiger partial charge in [0.05, 0.1) is 0 Å². The minimum absolute atomic E-state index is 0.562. The molecule has 0 aliphatic carbocycles. The van der Waals surface area contributed by atoms with Gasteiger partial charge in [-0.25, -0.2) is 4.98 Å². The number of fused-ring (bicyclic) bond motifs is 1. The summed E-state index contributed by atoms with van der Waals surface area (Å²) >= 11 is 1.69. The fourth-order valence-electron chi connectivity index (χ4n) is 0.991. The van der Waals surface area contributed by atoms with Crippen LogP contribution in [-0.2, 0) is 0 Å². The molecule has 2 aromatic heterocycles. The summed E-state index contributed by atoms with van der Waals surface area (Å²) in [6, 6.07) is 3.79. The van der Waals surface area contributed by atoms with E-state index in [0.717, 1.165) is 15.4 Å². The van der Waals surface area contributed by atoms with Gasteiger partial charge in [0.15, 0.2) is 5.01 Å². The molecular weight excluding hydrogens is 158 g/mol. The number of hydrogen-bond donors (Lipinski definition) is 1. The molecule has 0 unspecified atom stereocenters. The number of anilines is 1. The lowest BCUT2D eigenvalue weighted by atomic mass is 10.4. The van der Waals surface area contributed by atoms with E-state index in [-0.39, 0.29) is 0 Å². The number of aromatic amines is 1. The molecule has 0 saturated heterocycles. The van der Waals surface area contributed by atoms with E-state index in [0.29, 0.717) is 5.82 Å². The molecule has 3 nitrogen and oxygen atoms in total. The van der Waals surface area contributed by atoms with E-state index in [4.69, 9.17) is 5.73 Å². The minimum Gasteiger partial charge on any atom is -0.363 e. The highest BCUT2D eigenvalue weighted by molar-refractivity contribution is 7.17. The normalized spacial score (nSPS) is 10.6. The fraction of sp³-hybridized carbons (Fsp3) is 0.143. The second-order valence-corrected chi connectivity index (χ2v) is 3.62. The third kappa shape index (κ3) is 1.05. The molecule has 3 N–H and O–H groups in total. The standard InChI is InChI=1S/C7H7N3S/c1-4-9-7-5(11-4)2-3-6(8)10-7/h2-3H,1H3,(H2,8,10)/p+1. The number of aromatic nitrogens is 2. The number of nitrogens with zero attached hydrogens (tertiary/aromatic N) is 1. The summed E-state index contributed by atoms with van der Waals surface area (Å²) in [5.41, 5.74) is 6.39. The van der Waals surface area contributed by atoms with Crippen molar-refractivity contribution in [3.05, 3.63) is 17.1 Å². The van der Waals surface area contributed by atoms with Crippen LogP contribution in [0, 0.1) is 6.92 Å². The van der Waals surface area contributed by atoms with Crippen LogP contribution < -0.4 is 10.7 Å². The Bertz CT molecular complexity index is 393. The Hall–Kier alpha value is -1.16. The Kier molecular flexibility index (Phi) is 1.29. The molecule has 0 aromatic carbocycles. The van der Waals surface area contributed by atoms with Gasteiger partial charge >= 0.3 is 5.65 Å². The maximum absolute atomic E-state index is 5.51. The van der Waals surface area contributed by atoms with Crippen molar-refractivity contribution >= 4 is 27.5 Å². The van der Waals surface area contributed by atoms with Gasteiger partial charge in [0.2, 0.25) is 5.82 Å². The lowest BCUT2D eigenvalue weighted by Crippen LogP contribution is -2.03. The maximum atomic E-state index is 5.51. The number of rotatable bonds is 0. The first kappa shape index (κ1) is 6.54. The first-order chi connectivity index (χ1) is 5.25. The average Bonchev–Trinajstić information content (AvgIpc) is 2.27. The van der Waals surface area contributed by atoms with E-state index >= 15 is 0 Å². The Morgan fingerprint density at radius 2 is 2.36 bits per heavy atom. The van der Waals surface area contributed by atoms with Crippen molar-refractivity contribution in [1.82, 2.24) is 4.98 Å².